The molecule has 0 aliphatic carbocycles. The lowest BCUT2D eigenvalue weighted by Gasteiger charge is -2.04. The summed E-state index contributed by atoms with van der Waals surface area (Å²) in [5.74, 6) is -0.176. The molecule has 0 aliphatic heterocycles. The van der Waals surface area contributed by atoms with Gasteiger partial charge >= 0.3 is 0 Å². The molecule has 0 aliphatic rings. The smallest absolute Gasteiger partial charge is 0.293 e. The number of carbonyl (C=O) groups excluding carboxylic acids is 2. The van der Waals surface area contributed by atoms with Gasteiger partial charge in [0.1, 0.15) is 0 Å². The average Bonchev–Trinajstić information content (AvgIpc) is 3.31. The number of nitrogens with one attached hydrogen (secondary N) is 2. The zero-order valence-electron chi connectivity index (χ0n) is 13.3. The molecular weight excluding hydrogens is 340 g/mol. The van der Waals surface area contributed by atoms with Crippen molar-refractivity contribution in [3.63, 3.8) is 0 Å². The molecule has 0 bridgehead atoms. The summed E-state index contributed by atoms with van der Waals surface area (Å²) in [6.07, 6.45) is 5.68. The van der Waals surface area contributed by atoms with Gasteiger partial charge in [-0.25, -0.2) is 4.98 Å². The number of hydrogen-bond donors (Lipinski definition) is 2. The van der Waals surface area contributed by atoms with E-state index in [-0.39, 0.29) is 17.6 Å². The minimum atomic E-state index is -0.347. The molecule has 0 unspecified atom stereocenters. The lowest BCUT2D eigenvalue weighted by atomic mass is 10.2. The van der Waals surface area contributed by atoms with Crippen LogP contribution in [0, 0.1) is 0 Å². The number of pyridine rings is 1. The summed E-state index contributed by atoms with van der Waals surface area (Å²) < 4.78 is 5.02. The zero-order valence-corrected chi connectivity index (χ0v) is 14.1. The number of carbonyl (C=O) groups is 2. The summed E-state index contributed by atoms with van der Waals surface area (Å²) in [5.41, 5.74) is 1.71. The van der Waals surface area contributed by atoms with E-state index in [9.17, 15) is 9.59 Å². The molecule has 0 aromatic carbocycles. The van der Waals surface area contributed by atoms with Gasteiger partial charge in [0, 0.05) is 30.7 Å². The van der Waals surface area contributed by atoms with E-state index in [1.54, 1.807) is 24.5 Å². The molecule has 0 fully saturated rings. The largest absolute Gasteiger partial charge is 0.459 e. The van der Waals surface area contributed by atoms with Crippen LogP contribution in [0.25, 0.3) is 0 Å². The fourth-order valence-corrected chi connectivity index (χ4v) is 2.82. The van der Waals surface area contributed by atoms with Gasteiger partial charge in [-0.3, -0.25) is 19.9 Å². The van der Waals surface area contributed by atoms with Crippen LogP contribution in [0.3, 0.4) is 0 Å². The average molecular weight is 356 g/mol. The van der Waals surface area contributed by atoms with Crippen molar-refractivity contribution in [3.8, 4) is 0 Å². The van der Waals surface area contributed by atoms with Crippen molar-refractivity contribution in [2.45, 2.75) is 19.4 Å². The summed E-state index contributed by atoms with van der Waals surface area (Å²) in [6.45, 7) is 0.453. The molecule has 0 atom stereocenters. The normalized spacial score (nSPS) is 10.4. The van der Waals surface area contributed by atoms with Crippen LogP contribution in [0.1, 0.15) is 28.2 Å². The standard InChI is InChI=1S/C17H16N4O3S/c22-15(19-10-12-3-1-7-18-9-12)6-5-13-11-25-17(20-13)21-16(23)14-4-2-8-24-14/h1-4,7-9,11H,5-6,10H2,(H,19,22)(H,20,21,23). The van der Waals surface area contributed by atoms with Crippen LogP contribution in [0.4, 0.5) is 5.13 Å². The van der Waals surface area contributed by atoms with Crippen molar-refractivity contribution >= 4 is 28.3 Å². The second-order valence-corrected chi connectivity index (χ2v) is 6.07. The van der Waals surface area contributed by atoms with Gasteiger partial charge < -0.3 is 9.73 Å². The molecule has 3 heterocycles. The number of thiazole rings is 1. The molecule has 7 nitrogen and oxygen atoms in total. The van der Waals surface area contributed by atoms with Crippen LogP contribution < -0.4 is 10.6 Å². The molecule has 3 rings (SSSR count). The quantitative estimate of drug-likeness (QED) is 0.678. The van der Waals surface area contributed by atoms with E-state index < -0.39 is 0 Å². The van der Waals surface area contributed by atoms with E-state index in [2.05, 4.69) is 20.6 Å². The summed E-state index contributed by atoms with van der Waals surface area (Å²) in [4.78, 5) is 32.1. The van der Waals surface area contributed by atoms with Crippen LogP contribution >= 0.6 is 11.3 Å². The SMILES string of the molecule is O=C(CCc1csc(NC(=O)c2ccco2)n1)NCc1cccnc1. The van der Waals surface area contributed by atoms with E-state index in [0.29, 0.717) is 24.5 Å². The van der Waals surface area contributed by atoms with E-state index in [4.69, 9.17) is 4.42 Å². The lowest BCUT2D eigenvalue weighted by Crippen LogP contribution is -2.23. The third-order valence-corrected chi connectivity index (χ3v) is 4.14. The summed E-state index contributed by atoms with van der Waals surface area (Å²) in [5, 5.41) is 7.81. The number of aryl methyl sites for hydroxylation is 1. The minimum absolute atomic E-state index is 0.0574. The molecule has 128 valence electrons. The van der Waals surface area contributed by atoms with Gasteiger partial charge in [0.05, 0.1) is 12.0 Å². The third-order valence-electron chi connectivity index (χ3n) is 3.34. The van der Waals surface area contributed by atoms with Crippen LogP contribution in [0.2, 0.25) is 0 Å². The highest BCUT2D eigenvalue weighted by Gasteiger charge is 2.12. The lowest BCUT2D eigenvalue weighted by molar-refractivity contribution is -0.121. The number of hydrogen-bond acceptors (Lipinski definition) is 6. The Labute approximate surface area is 148 Å². The zero-order chi connectivity index (χ0) is 17.5. The molecule has 8 heteroatoms. The number of furan rings is 1. The highest BCUT2D eigenvalue weighted by atomic mass is 32.1. The maximum atomic E-state index is 11.9. The first kappa shape index (κ1) is 16.8. The second-order valence-electron chi connectivity index (χ2n) is 5.21. The maximum absolute atomic E-state index is 11.9. The molecule has 0 spiro atoms. The summed E-state index contributed by atoms with van der Waals surface area (Å²) in [6, 6.07) is 6.96. The first-order valence-corrected chi connectivity index (χ1v) is 8.53. The van der Waals surface area contributed by atoms with Gasteiger partial charge in [-0.05, 0) is 30.2 Å². The topological polar surface area (TPSA) is 97.1 Å². The number of aromatic nitrogens is 2. The molecule has 3 aromatic rings. The molecule has 2 amide bonds. The van der Waals surface area contributed by atoms with Gasteiger partial charge in [-0.15, -0.1) is 11.3 Å². The van der Waals surface area contributed by atoms with E-state index >= 15 is 0 Å². The van der Waals surface area contributed by atoms with E-state index in [1.807, 2.05) is 17.5 Å². The van der Waals surface area contributed by atoms with Crippen LogP contribution in [0.5, 0.6) is 0 Å². The van der Waals surface area contributed by atoms with Gasteiger partial charge in [0.25, 0.3) is 5.91 Å². The highest BCUT2D eigenvalue weighted by Crippen LogP contribution is 2.17. The number of amides is 2. The molecule has 3 aromatic heterocycles. The highest BCUT2D eigenvalue weighted by molar-refractivity contribution is 7.13. The first-order chi connectivity index (χ1) is 12.2. The Morgan fingerprint density at radius 1 is 1.24 bits per heavy atom. The fourth-order valence-electron chi connectivity index (χ4n) is 2.08. The number of rotatable bonds is 7. The third kappa shape index (κ3) is 4.98. The van der Waals surface area contributed by atoms with Gasteiger partial charge in [0.15, 0.2) is 10.9 Å². The Morgan fingerprint density at radius 3 is 2.92 bits per heavy atom. The monoisotopic (exact) mass is 356 g/mol. The van der Waals surface area contributed by atoms with Gasteiger partial charge in [-0.1, -0.05) is 6.07 Å². The predicted octanol–water partition coefficient (Wildman–Crippen LogP) is 2.63. The molecule has 0 radical (unpaired) electrons. The second kappa shape index (κ2) is 8.20. The predicted molar refractivity (Wildman–Crippen MR) is 93.2 cm³/mol. The molecule has 2 N–H and O–H groups in total. The van der Waals surface area contributed by atoms with E-state index in [1.165, 1.54) is 17.6 Å². The van der Waals surface area contributed by atoms with Crippen LogP contribution in [0.15, 0.2) is 52.7 Å². The molecule has 0 saturated heterocycles. The number of nitrogens with zero attached hydrogens (tertiary/aromatic N) is 2. The van der Waals surface area contributed by atoms with E-state index in [0.717, 1.165) is 11.3 Å². The van der Waals surface area contributed by atoms with Crippen molar-refractivity contribution in [1.82, 2.24) is 15.3 Å². The summed E-state index contributed by atoms with van der Waals surface area (Å²) >= 11 is 1.31. The van der Waals surface area contributed by atoms with Crippen LogP contribution in [-0.2, 0) is 17.8 Å². The van der Waals surface area contributed by atoms with Crippen molar-refractivity contribution in [2.75, 3.05) is 5.32 Å². The van der Waals surface area contributed by atoms with Crippen molar-refractivity contribution in [2.24, 2.45) is 0 Å². The molecule has 0 saturated carbocycles. The Kier molecular flexibility index (Phi) is 5.53. The Morgan fingerprint density at radius 2 is 2.16 bits per heavy atom. The van der Waals surface area contributed by atoms with Crippen molar-refractivity contribution < 1.29 is 14.0 Å². The minimum Gasteiger partial charge on any atom is -0.459 e. The van der Waals surface area contributed by atoms with Gasteiger partial charge in [-0.2, -0.15) is 0 Å². The Bertz CT molecular complexity index is 831. The molecule has 25 heavy (non-hydrogen) atoms. The first-order valence-electron chi connectivity index (χ1n) is 7.65. The fraction of sp³-hybridized carbons (Fsp3) is 0.176. The summed E-state index contributed by atoms with van der Waals surface area (Å²) in [7, 11) is 0. The Hall–Kier alpha value is -3.00. The number of anilines is 1. The van der Waals surface area contributed by atoms with Gasteiger partial charge in [0.2, 0.25) is 5.91 Å². The Balaban J connectivity index is 1.43. The maximum Gasteiger partial charge on any atom is 0.293 e. The molecular formula is C17H16N4O3S. The van der Waals surface area contributed by atoms with Crippen LogP contribution in [-0.4, -0.2) is 21.8 Å². The van der Waals surface area contributed by atoms with Crippen molar-refractivity contribution in [3.05, 3.63) is 65.3 Å². The van der Waals surface area contributed by atoms with Crippen molar-refractivity contribution in [1.29, 1.82) is 0 Å².